The average molecular weight is 467 g/mol. The number of aliphatic hydroxyl groups is 1. The number of benzene rings is 3. The van der Waals surface area contributed by atoms with E-state index in [1.165, 1.54) is 48.7 Å². The highest BCUT2D eigenvalue weighted by atomic mass is 19.4. The van der Waals surface area contributed by atoms with Crippen LogP contribution in [0.5, 0.6) is 0 Å². The van der Waals surface area contributed by atoms with Gasteiger partial charge in [-0.3, -0.25) is 0 Å². The molecule has 0 saturated carbocycles. The molecule has 0 radical (unpaired) electrons. The maximum Gasteiger partial charge on any atom is 0.425 e. The number of hydrogen-bond acceptors (Lipinski definition) is 3. The Morgan fingerprint density at radius 2 is 1.74 bits per heavy atom. The summed E-state index contributed by atoms with van der Waals surface area (Å²) in [5.41, 5.74) is -2.58. The molecule has 174 valence electrons. The minimum Gasteiger partial charge on any atom is -0.372 e. The van der Waals surface area contributed by atoms with Crippen LogP contribution < -0.4 is 5.32 Å². The van der Waals surface area contributed by atoms with Crippen molar-refractivity contribution in [2.45, 2.75) is 18.3 Å². The number of para-hydroxylation sites is 1. The van der Waals surface area contributed by atoms with Crippen LogP contribution >= 0.6 is 0 Å². The van der Waals surface area contributed by atoms with Crippen molar-refractivity contribution in [3.05, 3.63) is 108 Å². The summed E-state index contributed by atoms with van der Waals surface area (Å²) in [5, 5.41) is 22.3. The van der Waals surface area contributed by atoms with Crippen LogP contribution in [0.25, 0.3) is 10.9 Å². The van der Waals surface area contributed by atoms with Crippen molar-refractivity contribution in [3.63, 3.8) is 0 Å². The highest BCUT2D eigenvalue weighted by molar-refractivity contribution is 5.89. The summed E-state index contributed by atoms with van der Waals surface area (Å²) in [6.45, 7) is 3.92. The van der Waals surface area contributed by atoms with Crippen molar-refractivity contribution in [2.24, 2.45) is 0 Å². The highest BCUT2D eigenvalue weighted by Crippen LogP contribution is 2.47. The van der Waals surface area contributed by atoms with E-state index in [1.807, 2.05) is 0 Å². The Labute approximate surface area is 193 Å². The van der Waals surface area contributed by atoms with E-state index in [-0.39, 0.29) is 23.1 Å². The predicted octanol–water partition coefficient (Wildman–Crippen LogP) is 6.51. The number of nitrogens with one attached hydrogen (secondary N) is 2. The predicted molar refractivity (Wildman–Crippen MR) is 125 cm³/mol. The van der Waals surface area contributed by atoms with Gasteiger partial charge in [-0.15, -0.1) is 6.58 Å². The summed E-state index contributed by atoms with van der Waals surface area (Å²) in [7, 11) is 0. The molecule has 0 aliphatic heterocycles. The molecule has 3 aromatic carbocycles. The molecule has 0 amide bonds. The topological polar surface area (TPSA) is 61.0 Å². The molecule has 0 aliphatic carbocycles. The van der Waals surface area contributed by atoms with Crippen LogP contribution in [0.4, 0.5) is 28.9 Å². The molecule has 3 N–H and O–H groups in total. The number of alkyl halides is 3. The van der Waals surface area contributed by atoms with Crippen molar-refractivity contribution in [3.8, 4) is 0 Å². The second kappa shape index (κ2) is 8.79. The standard InChI is InChI=1S/C26H21F4N3O/c1-2-13-33-16-22(21-5-3-4-6-24(21)33)25(34,26(28,29)30)18-7-12-23(17(14-18)15-31)32-20-10-8-19(27)9-11-20/h2-12,14-16,31-32,34H,1,13H2. The molecule has 4 nitrogen and oxygen atoms in total. The van der Waals surface area contributed by atoms with E-state index in [9.17, 15) is 22.7 Å². The van der Waals surface area contributed by atoms with E-state index >= 15 is 0 Å². The number of halogens is 4. The van der Waals surface area contributed by atoms with Crippen LogP contribution in [0.15, 0.2) is 85.6 Å². The first kappa shape index (κ1) is 23.3. The Morgan fingerprint density at radius 1 is 1.03 bits per heavy atom. The van der Waals surface area contributed by atoms with Crippen molar-refractivity contribution >= 4 is 28.5 Å². The molecule has 0 bridgehead atoms. The molecule has 0 aliphatic rings. The first-order valence-corrected chi connectivity index (χ1v) is 10.3. The van der Waals surface area contributed by atoms with Crippen LogP contribution in [-0.2, 0) is 12.1 Å². The van der Waals surface area contributed by atoms with Crippen molar-refractivity contribution in [1.82, 2.24) is 4.57 Å². The normalized spacial score (nSPS) is 13.4. The Kier molecular flexibility index (Phi) is 6.01. The van der Waals surface area contributed by atoms with E-state index in [2.05, 4.69) is 11.9 Å². The maximum absolute atomic E-state index is 14.5. The molecule has 0 spiro atoms. The third-order valence-electron chi connectivity index (χ3n) is 5.66. The van der Waals surface area contributed by atoms with Gasteiger partial charge in [-0.05, 0) is 48.0 Å². The van der Waals surface area contributed by atoms with Gasteiger partial charge >= 0.3 is 6.18 Å². The van der Waals surface area contributed by atoms with E-state index < -0.39 is 23.2 Å². The van der Waals surface area contributed by atoms with Gasteiger partial charge in [0.1, 0.15) is 5.82 Å². The van der Waals surface area contributed by atoms with Gasteiger partial charge in [-0.2, -0.15) is 13.2 Å². The fourth-order valence-corrected chi connectivity index (χ4v) is 4.01. The van der Waals surface area contributed by atoms with Crippen LogP contribution in [0, 0.1) is 11.2 Å². The van der Waals surface area contributed by atoms with Crippen molar-refractivity contribution in [1.29, 1.82) is 5.41 Å². The number of allylic oxidation sites excluding steroid dienone is 1. The van der Waals surface area contributed by atoms with Crippen LogP contribution in [0.2, 0.25) is 0 Å². The summed E-state index contributed by atoms with van der Waals surface area (Å²) in [5.74, 6) is -0.431. The number of rotatable bonds is 7. The molecule has 4 rings (SSSR count). The van der Waals surface area contributed by atoms with Gasteiger partial charge in [0.05, 0.1) is 0 Å². The number of fused-ring (bicyclic) bond motifs is 1. The summed E-state index contributed by atoms with van der Waals surface area (Å²) in [6.07, 6.45) is -1.31. The van der Waals surface area contributed by atoms with Gasteiger partial charge in [0.2, 0.25) is 5.60 Å². The first-order valence-electron chi connectivity index (χ1n) is 10.3. The molecule has 34 heavy (non-hydrogen) atoms. The molecule has 1 unspecified atom stereocenters. The lowest BCUT2D eigenvalue weighted by Crippen LogP contribution is -2.43. The zero-order valence-corrected chi connectivity index (χ0v) is 17.9. The molecule has 0 saturated heterocycles. The Balaban J connectivity index is 1.87. The van der Waals surface area contributed by atoms with Crippen molar-refractivity contribution in [2.75, 3.05) is 5.32 Å². The fourth-order valence-electron chi connectivity index (χ4n) is 4.01. The lowest BCUT2D eigenvalue weighted by molar-refractivity contribution is -0.247. The molecular formula is C26H21F4N3O. The van der Waals surface area contributed by atoms with E-state index in [4.69, 9.17) is 5.41 Å². The average Bonchev–Trinajstić information content (AvgIpc) is 3.18. The van der Waals surface area contributed by atoms with Crippen LogP contribution in [0.1, 0.15) is 16.7 Å². The van der Waals surface area contributed by atoms with Gasteiger partial charge in [-0.25, -0.2) is 4.39 Å². The third-order valence-corrected chi connectivity index (χ3v) is 5.66. The van der Waals surface area contributed by atoms with Gasteiger partial charge in [0, 0.05) is 52.4 Å². The van der Waals surface area contributed by atoms with Gasteiger partial charge in [0.25, 0.3) is 0 Å². The summed E-state index contributed by atoms with van der Waals surface area (Å²) in [4.78, 5) is 0. The first-order chi connectivity index (χ1) is 16.2. The minimum absolute atomic E-state index is 0.124. The van der Waals surface area contributed by atoms with Crippen molar-refractivity contribution < 1.29 is 22.7 Å². The quantitative estimate of drug-likeness (QED) is 0.165. The second-order valence-corrected chi connectivity index (χ2v) is 7.79. The number of anilines is 2. The third kappa shape index (κ3) is 3.97. The Hall–Kier alpha value is -3.91. The SMILES string of the molecule is C=CCn1cc(C(O)(c2ccc(Nc3ccc(F)cc3)c(C=N)c2)C(F)(F)F)c2ccccc21. The van der Waals surface area contributed by atoms with Crippen LogP contribution in [-0.4, -0.2) is 22.1 Å². The van der Waals surface area contributed by atoms with Gasteiger partial charge in [0.15, 0.2) is 0 Å². The lowest BCUT2D eigenvalue weighted by Gasteiger charge is -2.31. The largest absolute Gasteiger partial charge is 0.425 e. The number of nitrogens with zero attached hydrogens (tertiary/aromatic N) is 1. The van der Waals surface area contributed by atoms with Crippen LogP contribution in [0.3, 0.4) is 0 Å². The molecular weight excluding hydrogens is 446 g/mol. The monoisotopic (exact) mass is 467 g/mol. The Bertz CT molecular complexity index is 1360. The molecule has 0 fully saturated rings. The Morgan fingerprint density at radius 3 is 2.38 bits per heavy atom. The van der Waals surface area contributed by atoms with E-state index in [1.54, 1.807) is 28.8 Å². The molecule has 4 aromatic rings. The maximum atomic E-state index is 14.5. The molecule has 1 aromatic heterocycles. The second-order valence-electron chi connectivity index (χ2n) is 7.79. The summed E-state index contributed by atoms with van der Waals surface area (Å²) < 4.78 is 58.4. The number of aromatic nitrogens is 1. The van der Waals surface area contributed by atoms with E-state index in [0.29, 0.717) is 16.9 Å². The summed E-state index contributed by atoms with van der Waals surface area (Å²) >= 11 is 0. The number of hydrogen-bond donors (Lipinski definition) is 3. The smallest absolute Gasteiger partial charge is 0.372 e. The zero-order valence-electron chi connectivity index (χ0n) is 17.9. The minimum atomic E-state index is -5.05. The fraction of sp³-hybridized carbons (Fsp3) is 0.115. The lowest BCUT2D eigenvalue weighted by atomic mass is 9.84. The zero-order chi connectivity index (χ0) is 24.5. The summed E-state index contributed by atoms with van der Waals surface area (Å²) in [6, 6.07) is 15.6. The molecule has 8 heteroatoms. The van der Waals surface area contributed by atoms with Gasteiger partial charge in [-0.1, -0.05) is 30.3 Å². The highest BCUT2D eigenvalue weighted by Gasteiger charge is 2.57. The van der Waals surface area contributed by atoms with Gasteiger partial charge < -0.3 is 20.4 Å². The molecule has 1 atom stereocenters. The van der Waals surface area contributed by atoms with E-state index in [0.717, 1.165) is 12.3 Å². The molecule has 1 heterocycles.